The third-order valence-electron chi connectivity index (χ3n) is 5.51. The van der Waals surface area contributed by atoms with Crippen molar-refractivity contribution >= 4 is 5.91 Å². The van der Waals surface area contributed by atoms with Gasteiger partial charge in [0, 0.05) is 30.9 Å². The Kier molecular flexibility index (Phi) is 6.89. The number of likely N-dealkylation sites (tertiary alicyclic amines) is 1. The Morgan fingerprint density at radius 3 is 2.61 bits per heavy atom. The molecule has 2 heterocycles. The summed E-state index contributed by atoms with van der Waals surface area (Å²) in [6, 6.07) is 9.92. The van der Waals surface area contributed by atoms with Crippen LogP contribution in [0.1, 0.15) is 54.0 Å². The van der Waals surface area contributed by atoms with E-state index in [1.165, 1.54) is 19.5 Å². The van der Waals surface area contributed by atoms with E-state index in [2.05, 4.69) is 42.2 Å². The van der Waals surface area contributed by atoms with Gasteiger partial charge in [0.25, 0.3) is 5.91 Å². The number of benzene rings is 1. The highest BCUT2D eigenvalue weighted by atomic mass is 16.1. The van der Waals surface area contributed by atoms with Crippen LogP contribution in [-0.4, -0.2) is 46.8 Å². The van der Waals surface area contributed by atoms with Crippen LogP contribution in [0.25, 0.3) is 0 Å². The second-order valence-electron chi connectivity index (χ2n) is 8.60. The zero-order valence-electron chi connectivity index (χ0n) is 17.7. The largest absolute Gasteiger partial charge is 0.352 e. The Hall–Kier alpha value is -2.14. The predicted molar refractivity (Wildman–Crippen MR) is 114 cm³/mol. The lowest BCUT2D eigenvalue weighted by molar-refractivity contribution is 0.0947. The molecule has 1 fully saturated rings. The topological polar surface area (TPSA) is 50.2 Å². The fourth-order valence-corrected chi connectivity index (χ4v) is 4.40. The van der Waals surface area contributed by atoms with Crippen molar-refractivity contribution in [2.24, 2.45) is 11.8 Å². The van der Waals surface area contributed by atoms with Gasteiger partial charge in [0.1, 0.15) is 0 Å². The van der Waals surface area contributed by atoms with Gasteiger partial charge < -0.3 is 10.2 Å². The molecule has 2 aromatic rings. The molecule has 2 atom stereocenters. The summed E-state index contributed by atoms with van der Waals surface area (Å²) in [5.41, 5.74) is 3.96. The number of amides is 1. The first kappa shape index (κ1) is 20.6. The Bertz CT molecular complexity index is 788. The van der Waals surface area contributed by atoms with Gasteiger partial charge in [-0.05, 0) is 68.8 Å². The van der Waals surface area contributed by atoms with Gasteiger partial charge in [-0.25, -0.2) is 0 Å². The van der Waals surface area contributed by atoms with Crippen molar-refractivity contribution in [1.82, 2.24) is 20.0 Å². The number of aromatic nitrogens is 2. The highest BCUT2D eigenvalue weighted by Crippen LogP contribution is 2.20. The van der Waals surface area contributed by atoms with E-state index in [1.807, 2.05) is 35.9 Å². The third kappa shape index (κ3) is 5.68. The molecule has 5 nitrogen and oxygen atoms in total. The Labute approximate surface area is 169 Å². The van der Waals surface area contributed by atoms with Crippen LogP contribution in [0.5, 0.6) is 0 Å². The molecule has 1 amide bonds. The number of hydrogen-bond donors (Lipinski definition) is 1. The lowest BCUT2D eigenvalue weighted by atomic mass is 9.92. The summed E-state index contributed by atoms with van der Waals surface area (Å²) in [7, 11) is 0. The highest BCUT2D eigenvalue weighted by molar-refractivity contribution is 5.94. The zero-order valence-corrected chi connectivity index (χ0v) is 17.7. The highest BCUT2D eigenvalue weighted by Gasteiger charge is 2.21. The second kappa shape index (κ2) is 9.37. The monoisotopic (exact) mass is 382 g/mol. The van der Waals surface area contributed by atoms with E-state index in [0.717, 1.165) is 53.9 Å². The maximum Gasteiger partial charge on any atom is 0.251 e. The van der Waals surface area contributed by atoms with Crippen LogP contribution >= 0.6 is 0 Å². The molecule has 0 saturated carbocycles. The van der Waals surface area contributed by atoms with E-state index in [-0.39, 0.29) is 5.91 Å². The number of nitrogens with one attached hydrogen (secondary N) is 1. The molecular formula is C23H34N4O. The molecule has 1 aliphatic rings. The average molecular weight is 383 g/mol. The molecule has 0 aliphatic carbocycles. The van der Waals surface area contributed by atoms with Gasteiger partial charge in [0.15, 0.2) is 0 Å². The number of piperidine rings is 1. The maximum atomic E-state index is 12.5. The fraction of sp³-hybridized carbons (Fsp3) is 0.565. The molecule has 152 valence electrons. The van der Waals surface area contributed by atoms with E-state index in [1.54, 1.807) is 0 Å². The summed E-state index contributed by atoms with van der Waals surface area (Å²) in [6.07, 6.45) is 2.33. The Balaban J connectivity index is 1.47. The van der Waals surface area contributed by atoms with Gasteiger partial charge in [-0.15, -0.1) is 0 Å². The molecule has 0 bridgehead atoms. The number of carbonyl (C=O) groups is 1. The third-order valence-corrected chi connectivity index (χ3v) is 5.51. The molecule has 3 rings (SSSR count). The van der Waals surface area contributed by atoms with Gasteiger partial charge >= 0.3 is 0 Å². The van der Waals surface area contributed by atoms with Crippen LogP contribution < -0.4 is 5.32 Å². The molecule has 1 aromatic carbocycles. The molecule has 2 unspecified atom stereocenters. The minimum Gasteiger partial charge on any atom is -0.352 e. The summed E-state index contributed by atoms with van der Waals surface area (Å²) in [4.78, 5) is 15.1. The molecule has 0 spiro atoms. The first-order valence-electron chi connectivity index (χ1n) is 10.5. The first-order chi connectivity index (χ1) is 13.4. The lowest BCUT2D eigenvalue weighted by Gasteiger charge is -2.34. The van der Waals surface area contributed by atoms with Crippen LogP contribution in [0.15, 0.2) is 30.3 Å². The minimum absolute atomic E-state index is 0.00981. The van der Waals surface area contributed by atoms with Crippen molar-refractivity contribution < 1.29 is 4.79 Å². The van der Waals surface area contributed by atoms with E-state index < -0.39 is 0 Å². The number of rotatable bonds is 7. The van der Waals surface area contributed by atoms with Crippen molar-refractivity contribution in [3.05, 3.63) is 52.8 Å². The zero-order chi connectivity index (χ0) is 20.1. The number of hydrogen-bond acceptors (Lipinski definition) is 3. The normalized spacial score (nSPS) is 20.3. The fourth-order valence-electron chi connectivity index (χ4n) is 4.40. The predicted octanol–water partition coefficient (Wildman–Crippen LogP) is 3.65. The van der Waals surface area contributed by atoms with Crippen LogP contribution in [0.2, 0.25) is 0 Å². The Morgan fingerprint density at radius 1 is 1.18 bits per heavy atom. The maximum absolute atomic E-state index is 12.5. The van der Waals surface area contributed by atoms with Crippen molar-refractivity contribution in [3.63, 3.8) is 0 Å². The van der Waals surface area contributed by atoms with Crippen molar-refractivity contribution in [2.75, 3.05) is 26.2 Å². The van der Waals surface area contributed by atoms with Crippen LogP contribution in [0.3, 0.4) is 0 Å². The molecule has 5 heteroatoms. The molecule has 0 radical (unpaired) electrons. The SMILES string of the molecule is Cc1cc(C)n(Cc2cccc(C(=O)NCCCN3CC(C)CC(C)C3)c2)n1. The summed E-state index contributed by atoms with van der Waals surface area (Å²) in [5, 5.41) is 7.59. The molecule has 1 N–H and O–H groups in total. The first-order valence-corrected chi connectivity index (χ1v) is 10.5. The van der Waals surface area contributed by atoms with Crippen molar-refractivity contribution in [1.29, 1.82) is 0 Å². The summed E-state index contributed by atoms with van der Waals surface area (Å²) >= 11 is 0. The van der Waals surface area contributed by atoms with Gasteiger partial charge in [-0.1, -0.05) is 26.0 Å². The molecule has 1 saturated heterocycles. The molecule has 1 aliphatic heterocycles. The minimum atomic E-state index is 0.00981. The van der Waals surface area contributed by atoms with E-state index >= 15 is 0 Å². The van der Waals surface area contributed by atoms with Gasteiger partial charge in [0.2, 0.25) is 0 Å². The van der Waals surface area contributed by atoms with E-state index in [0.29, 0.717) is 6.54 Å². The van der Waals surface area contributed by atoms with Gasteiger partial charge in [0.05, 0.1) is 12.2 Å². The summed E-state index contributed by atoms with van der Waals surface area (Å²) in [6.45, 7) is 13.6. The average Bonchev–Trinajstić information content (AvgIpc) is 2.95. The van der Waals surface area contributed by atoms with Crippen LogP contribution in [0.4, 0.5) is 0 Å². The van der Waals surface area contributed by atoms with Crippen molar-refractivity contribution in [2.45, 2.75) is 47.1 Å². The van der Waals surface area contributed by atoms with E-state index in [9.17, 15) is 4.79 Å². The van der Waals surface area contributed by atoms with Gasteiger partial charge in [-0.3, -0.25) is 9.48 Å². The van der Waals surface area contributed by atoms with Gasteiger partial charge in [-0.2, -0.15) is 5.10 Å². The molecular weight excluding hydrogens is 348 g/mol. The molecule has 1 aromatic heterocycles. The van der Waals surface area contributed by atoms with Crippen molar-refractivity contribution in [3.8, 4) is 0 Å². The quantitative estimate of drug-likeness (QED) is 0.744. The molecule has 28 heavy (non-hydrogen) atoms. The number of carbonyl (C=O) groups excluding carboxylic acids is 1. The van der Waals surface area contributed by atoms with Crippen LogP contribution in [-0.2, 0) is 6.54 Å². The van der Waals surface area contributed by atoms with Crippen LogP contribution in [0, 0.1) is 25.7 Å². The standard InChI is InChI=1S/C23H34N4O/c1-17-11-18(2)15-26(14-17)10-6-9-24-23(28)22-8-5-7-21(13-22)16-27-20(4)12-19(3)25-27/h5,7-8,12-13,17-18H,6,9-11,14-16H2,1-4H3,(H,24,28). The Morgan fingerprint density at radius 2 is 1.93 bits per heavy atom. The smallest absolute Gasteiger partial charge is 0.251 e. The number of aryl methyl sites for hydroxylation is 2. The number of nitrogens with zero attached hydrogens (tertiary/aromatic N) is 3. The second-order valence-corrected chi connectivity index (χ2v) is 8.60. The summed E-state index contributed by atoms with van der Waals surface area (Å²) in [5.74, 6) is 1.57. The van der Waals surface area contributed by atoms with E-state index in [4.69, 9.17) is 0 Å². The lowest BCUT2D eigenvalue weighted by Crippen LogP contribution is -2.40. The summed E-state index contributed by atoms with van der Waals surface area (Å²) < 4.78 is 1.98.